The summed E-state index contributed by atoms with van der Waals surface area (Å²) in [6, 6.07) is 11.9. The Labute approximate surface area is 154 Å². The fraction of sp³-hybridized carbons (Fsp3) is 0.211. The summed E-state index contributed by atoms with van der Waals surface area (Å²) in [5.41, 5.74) is 3.53. The van der Waals surface area contributed by atoms with Crippen LogP contribution < -0.4 is 0 Å². The molecule has 1 saturated heterocycles. The Balaban J connectivity index is 1.55. The Morgan fingerprint density at radius 1 is 1.20 bits per heavy atom. The summed E-state index contributed by atoms with van der Waals surface area (Å²) in [5.74, 6) is 0.374. The molecule has 126 valence electrons. The van der Waals surface area contributed by atoms with Crippen molar-refractivity contribution in [1.82, 2.24) is 20.1 Å². The number of halogens is 1. The highest BCUT2D eigenvalue weighted by molar-refractivity contribution is 9.10. The van der Waals surface area contributed by atoms with Crippen molar-refractivity contribution in [2.45, 2.75) is 12.3 Å². The van der Waals surface area contributed by atoms with Crippen molar-refractivity contribution in [2.24, 2.45) is 0 Å². The summed E-state index contributed by atoms with van der Waals surface area (Å²) in [7, 11) is 0. The van der Waals surface area contributed by atoms with Gasteiger partial charge in [-0.3, -0.25) is 14.9 Å². The number of likely N-dealkylation sites (tertiary alicyclic amines) is 1. The van der Waals surface area contributed by atoms with Crippen LogP contribution in [0.1, 0.15) is 28.3 Å². The van der Waals surface area contributed by atoms with Gasteiger partial charge in [0.2, 0.25) is 0 Å². The number of carbonyl (C=O) groups is 1. The number of H-pyrrole nitrogens is 1. The van der Waals surface area contributed by atoms with Gasteiger partial charge in [0, 0.05) is 41.4 Å². The number of aromatic nitrogens is 3. The topological polar surface area (TPSA) is 61.9 Å². The molecule has 25 heavy (non-hydrogen) atoms. The van der Waals surface area contributed by atoms with Gasteiger partial charge in [-0.05, 0) is 30.2 Å². The fourth-order valence-corrected chi connectivity index (χ4v) is 3.55. The molecule has 2 aromatic heterocycles. The molecule has 1 unspecified atom stereocenters. The average Bonchev–Trinajstić information content (AvgIpc) is 3.32. The van der Waals surface area contributed by atoms with E-state index in [1.54, 1.807) is 12.4 Å². The van der Waals surface area contributed by atoms with Crippen LogP contribution in [0.3, 0.4) is 0 Å². The van der Waals surface area contributed by atoms with E-state index in [2.05, 4.69) is 37.2 Å². The van der Waals surface area contributed by atoms with E-state index in [0.29, 0.717) is 11.5 Å². The summed E-state index contributed by atoms with van der Waals surface area (Å²) >= 11 is 3.43. The molecule has 3 aromatic rings. The second-order valence-electron chi connectivity index (χ2n) is 6.19. The molecule has 1 amide bonds. The zero-order valence-corrected chi connectivity index (χ0v) is 15.1. The Morgan fingerprint density at radius 2 is 2.04 bits per heavy atom. The maximum absolute atomic E-state index is 13.0. The van der Waals surface area contributed by atoms with Crippen molar-refractivity contribution in [2.75, 3.05) is 13.1 Å². The minimum Gasteiger partial charge on any atom is -0.338 e. The highest BCUT2D eigenvalue weighted by Crippen LogP contribution is 2.30. The lowest BCUT2D eigenvalue weighted by atomic mass is 10.0. The van der Waals surface area contributed by atoms with Crippen molar-refractivity contribution in [3.05, 3.63) is 70.6 Å². The molecule has 1 atom stereocenters. The molecule has 0 bridgehead atoms. The van der Waals surface area contributed by atoms with E-state index in [0.717, 1.165) is 35.2 Å². The average molecular weight is 397 g/mol. The monoisotopic (exact) mass is 396 g/mol. The van der Waals surface area contributed by atoms with E-state index in [1.807, 2.05) is 41.4 Å². The number of hydrogen-bond donors (Lipinski definition) is 1. The van der Waals surface area contributed by atoms with E-state index < -0.39 is 0 Å². The highest BCUT2D eigenvalue weighted by Gasteiger charge is 2.30. The van der Waals surface area contributed by atoms with Crippen LogP contribution in [-0.4, -0.2) is 39.1 Å². The van der Waals surface area contributed by atoms with Gasteiger partial charge in [-0.15, -0.1) is 0 Å². The zero-order chi connectivity index (χ0) is 17.2. The number of hydrogen-bond acceptors (Lipinski definition) is 3. The predicted octanol–water partition coefficient (Wildman–Crippen LogP) is 3.86. The summed E-state index contributed by atoms with van der Waals surface area (Å²) in [6.45, 7) is 1.47. The van der Waals surface area contributed by atoms with Gasteiger partial charge in [0.05, 0.1) is 17.5 Å². The standard InChI is InChI=1S/C19H17BrN4O/c20-16-5-3-13(4-6-16)18-17(11-22-23-18)19(25)24-9-7-15(12-24)14-2-1-8-21-10-14/h1-6,8,10-11,15H,7,9,12H2,(H,22,23). The van der Waals surface area contributed by atoms with Gasteiger partial charge >= 0.3 is 0 Å². The minimum absolute atomic E-state index is 0.0260. The molecular formula is C19H17BrN4O. The third kappa shape index (κ3) is 3.22. The maximum atomic E-state index is 13.0. The first-order valence-corrected chi connectivity index (χ1v) is 9.00. The van der Waals surface area contributed by atoms with Gasteiger partial charge in [0.15, 0.2) is 0 Å². The van der Waals surface area contributed by atoms with Gasteiger partial charge in [0.25, 0.3) is 5.91 Å². The molecule has 0 radical (unpaired) electrons. The molecule has 5 nitrogen and oxygen atoms in total. The van der Waals surface area contributed by atoms with Crippen molar-refractivity contribution < 1.29 is 4.79 Å². The molecule has 4 rings (SSSR count). The van der Waals surface area contributed by atoms with E-state index >= 15 is 0 Å². The van der Waals surface area contributed by atoms with Gasteiger partial charge in [-0.1, -0.05) is 34.1 Å². The SMILES string of the molecule is O=C(c1cn[nH]c1-c1ccc(Br)cc1)N1CCC(c2cccnc2)C1. The summed E-state index contributed by atoms with van der Waals surface area (Å²) in [4.78, 5) is 19.1. The fourth-order valence-electron chi connectivity index (χ4n) is 3.29. The molecule has 1 aromatic carbocycles. The van der Waals surface area contributed by atoms with Crippen LogP contribution in [0, 0.1) is 0 Å². The second kappa shape index (κ2) is 6.80. The number of pyridine rings is 1. The van der Waals surface area contributed by atoms with E-state index in [4.69, 9.17) is 0 Å². The minimum atomic E-state index is 0.0260. The van der Waals surface area contributed by atoms with Gasteiger partial charge in [-0.25, -0.2) is 0 Å². The molecule has 6 heteroatoms. The van der Waals surface area contributed by atoms with Gasteiger partial charge < -0.3 is 4.90 Å². The quantitative estimate of drug-likeness (QED) is 0.730. The first-order chi connectivity index (χ1) is 12.2. The third-order valence-electron chi connectivity index (χ3n) is 4.63. The van der Waals surface area contributed by atoms with Crippen LogP contribution >= 0.6 is 15.9 Å². The van der Waals surface area contributed by atoms with Crippen molar-refractivity contribution in [1.29, 1.82) is 0 Å². The largest absolute Gasteiger partial charge is 0.338 e. The lowest BCUT2D eigenvalue weighted by molar-refractivity contribution is 0.0791. The number of nitrogens with zero attached hydrogens (tertiary/aromatic N) is 3. The van der Waals surface area contributed by atoms with Gasteiger partial charge in [0.1, 0.15) is 0 Å². The van der Waals surface area contributed by atoms with E-state index in [-0.39, 0.29) is 5.91 Å². The highest BCUT2D eigenvalue weighted by atomic mass is 79.9. The van der Waals surface area contributed by atoms with Gasteiger partial charge in [-0.2, -0.15) is 5.10 Å². The summed E-state index contributed by atoms with van der Waals surface area (Å²) in [5, 5.41) is 7.06. The molecule has 3 heterocycles. The molecule has 1 aliphatic heterocycles. The summed E-state index contributed by atoms with van der Waals surface area (Å²) in [6.07, 6.45) is 6.25. The lowest BCUT2D eigenvalue weighted by Gasteiger charge is -2.16. The molecule has 1 aliphatic rings. The number of amides is 1. The number of rotatable bonds is 3. The van der Waals surface area contributed by atoms with Crippen LogP contribution in [0.15, 0.2) is 59.5 Å². The molecule has 0 saturated carbocycles. The zero-order valence-electron chi connectivity index (χ0n) is 13.5. The van der Waals surface area contributed by atoms with Crippen LogP contribution in [0.25, 0.3) is 11.3 Å². The number of aromatic amines is 1. The Morgan fingerprint density at radius 3 is 2.80 bits per heavy atom. The van der Waals surface area contributed by atoms with Crippen LogP contribution in [0.5, 0.6) is 0 Å². The van der Waals surface area contributed by atoms with E-state index in [1.165, 1.54) is 5.56 Å². The number of carbonyl (C=O) groups excluding carboxylic acids is 1. The Hall–Kier alpha value is -2.47. The molecular weight excluding hydrogens is 380 g/mol. The van der Waals surface area contributed by atoms with Crippen LogP contribution in [0.2, 0.25) is 0 Å². The molecule has 1 N–H and O–H groups in total. The first-order valence-electron chi connectivity index (χ1n) is 8.21. The predicted molar refractivity (Wildman–Crippen MR) is 99.2 cm³/mol. The maximum Gasteiger partial charge on any atom is 0.257 e. The molecule has 1 fully saturated rings. The Kier molecular flexibility index (Phi) is 4.36. The van der Waals surface area contributed by atoms with Crippen molar-refractivity contribution in [3.63, 3.8) is 0 Å². The lowest BCUT2D eigenvalue weighted by Crippen LogP contribution is -2.28. The van der Waals surface area contributed by atoms with Crippen molar-refractivity contribution >= 4 is 21.8 Å². The summed E-state index contributed by atoms with van der Waals surface area (Å²) < 4.78 is 1.00. The molecule has 0 spiro atoms. The third-order valence-corrected chi connectivity index (χ3v) is 5.16. The van der Waals surface area contributed by atoms with E-state index in [9.17, 15) is 4.79 Å². The normalized spacial score (nSPS) is 17.0. The second-order valence-corrected chi connectivity index (χ2v) is 7.10. The van der Waals surface area contributed by atoms with Crippen molar-refractivity contribution in [3.8, 4) is 11.3 Å². The molecule has 0 aliphatic carbocycles. The first kappa shape index (κ1) is 16.0. The van der Waals surface area contributed by atoms with Crippen LogP contribution in [0.4, 0.5) is 0 Å². The smallest absolute Gasteiger partial charge is 0.257 e. The number of benzene rings is 1. The Bertz CT molecular complexity index is 876. The van der Waals surface area contributed by atoms with Crippen LogP contribution in [-0.2, 0) is 0 Å². The number of nitrogens with one attached hydrogen (secondary N) is 1.